The lowest BCUT2D eigenvalue weighted by Crippen LogP contribution is -2.55. The highest BCUT2D eigenvalue weighted by Gasteiger charge is 2.28. The van der Waals surface area contributed by atoms with Gasteiger partial charge in [0.05, 0.1) is 12.6 Å². The van der Waals surface area contributed by atoms with E-state index >= 15 is 0 Å². The molecular weight excluding hydrogens is 336 g/mol. The van der Waals surface area contributed by atoms with Gasteiger partial charge < -0.3 is 26.8 Å². The van der Waals surface area contributed by atoms with Crippen molar-refractivity contribution in [3.63, 3.8) is 0 Å². The van der Waals surface area contributed by atoms with Crippen molar-refractivity contribution < 1.29 is 24.3 Å². The highest BCUT2D eigenvalue weighted by atomic mass is 32.1. The maximum absolute atomic E-state index is 12.2. The molecule has 6 N–H and O–H groups in total. The predicted octanol–water partition coefficient (Wildman–Crippen LogP) is -1.52. The van der Waals surface area contributed by atoms with Crippen LogP contribution in [0.1, 0.15) is 27.2 Å². The van der Waals surface area contributed by atoms with Crippen LogP contribution in [0.25, 0.3) is 0 Å². The zero-order valence-corrected chi connectivity index (χ0v) is 14.9. The molecule has 4 unspecified atom stereocenters. The minimum Gasteiger partial charge on any atom is -0.480 e. The van der Waals surface area contributed by atoms with Gasteiger partial charge in [0.2, 0.25) is 17.7 Å². The zero-order valence-electron chi connectivity index (χ0n) is 14.0. The van der Waals surface area contributed by atoms with Crippen molar-refractivity contribution in [2.75, 3.05) is 12.3 Å². The third-order valence-electron chi connectivity index (χ3n) is 3.50. The Bertz CT molecular complexity index is 474. The van der Waals surface area contributed by atoms with E-state index in [1.165, 1.54) is 6.92 Å². The normalized spacial score (nSPS) is 15.5. The number of thiol groups is 1. The summed E-state index contributed by atoms with van der Waals surface area (Å²) in [6, 6.07) is -2.75. The first kappa shape index (κ1) is 22.2. The number of nitrogens with one attached hydrogen (secondary N) is 3. The smallest absolute Gasteiger partial charge is 0.325 e. The molecule has 3 amide bonds. The van der Waals surface area contributed by atoms with Crippen LogP contribution in [0, 0.1) is 5.92 Å². The van der Waals surface area contributed by atoms with Crippen LogP contribution in [0.4, 0.5) is 0 Å². The Balaban J connectivity index is 4.69. The second-order valence-electron chi connectivity index (χ2n) is 5.51. The molecule has 4 atom stereocenters. The lowest BCUT2D eigenvalue weighted by Gasteiger charge is -2.24. The lowest BCUT2D eigenvalue weighted by molar-refractivity contribution is -0.141. The summed E-state index contributed by atoms with van der Waals surface area (Å²) in [4.78, 5) is 46.3. The third kappa shape index (κ3) is 7.64. The van der Waals surface area contributed by atoms with E-state index in [2.05, 4.69) is 28.6 Å². The molecule has 0 bridgehead atoms. The van der Waals surface area contributed by atoms with Crippen LogP contribution < -0.4 is 21.7 Å². The maximum Gasteiger partial charge on any atom is 0.325 e. The number of aliphatic carboxylic acids is 1. The van der Waals surface area contributed by atoms with Gasteiger partial charge in [-0.15, -0.1) is 0 Å². The average Bonchev–Trinajstić information content (AvgIpc) is 2.55. The summed E-state index contributed by atoms with van der Waals surface area (Å²) in [7, 11) is 0. The van der Waals surface area contributed by atoms with Crippen molar-refractivity contribution in [1.82, 2.24) is 16.0 Å². The largest absolute Gasteiger partial charge is 0.480 e. The molecule has 138 valence electrons. The number of carboxylic acids is 1. The summed E-state index contributed by atoms with van der Waals surface area (Å²) in [5.74, 6) is -2.91. The Morgan fingerprint density at radius 3 is 2.17 bits per heavy atom. The topological polar surface area (TPSA) is 151 Å². The SMILES string of the molecule is CCC(C)C(NC(=O)C(N)CS)C(=O)NCC(=O)NC(C)C(=O)O. The van der Waals surface area contributed by atoms with Crippen molar-refractivity contribution in [2.24, 2.45) is 11.7 Å². The Hall–Kier alpha value is -1.81. The zero-order chi connectivity index (χ0) is 18.9. The molecule has 0 aromatic heterocycles. The van der Waals surface area contributed by atoms with Gasteiger partial charge in [-0.3, -0.25) is 19.2 Å². The van der Waals surface area contributed by atoms with Gasteiger partial charge in [0.1, 0.15) is 12.1 Å². The third-order valence-corrected chi connectivity index (χ3v) is 3.89. The number of carboxylic acid groups (broad SMARTS) is 1. The van der Waals surface area contributed by atoms with Crippen LogP contribution >= 0.6 is 12.6 Å². The second kappa shape index (κ2) is 10.9. The van der Waals surface area contributed by atoms with Crippen molar-refractivity contribution in [3.05, 3.63) is 0 Å². The molecule has 0 saturated carbocycles. The molecule has 0 aromatic rings. The Labute approximate surface area is 146 Å². The molecule has 24 heavy (non-hydrogen) atoms. The van der Waals surface area contributed by atoms with Crippen molar-refractivity contribution >= 4 is 36.3 Å². The van der Waals surface area contributed by atoms with Gasteiger partial charge in [-0.1, -0.05) is 20.3 Å². The standard InChI is InChI=1S/C14H26N4O5S/c1-4-7(2)11(18-12(20)9(15)6-24)13(21)16-5-10(19)17-8(3)14(22)23/h7-9,11,24H,4-6,15H2,1-3H3,(H,16,21)(H,17,19)(H,18,20)(H,22,23). The van der Waals surface area contributed by atoms with Gasteiger partial charge in [0.15, 0.2) is 0 Å². The summed E-state index contributed by atoms with van der Waals surface area (Å²) in [6.07, 6.45) is 0.622. The molecular formula is C14H26N4O5S. The molecule has 0 saturated heterocycles. The highest BCUT2D eigenvalue weighted by Crippen LogP contribution is 2.08. The number of carbonyl (C=O) groups is 4. The van der Waals surface area contributed by atoms with Gasteiger partial charge in [-0.25, -0.2) is 0 Å². The lowest BCUT2D eigenvalue weighted by atomic mass is 9.98. The summed E-state index contributed by atoms with van der Waals surface area (Å²) >= 11 is 3.93. The molecule has 0 aliphatic carbocycles. The molecule has 0 fully saturated rings. The van der Waals surface area contributed by atoms with Gasteiger partial charge in [-0.2, -0.15) is 12.6 Å². The number of hydrogen-bond donors (Lipinski definition) is 6. The monoisotopic (exact) mass is 362 g/mol. The maximum atomic E-state index is 12.2. The fraction of sp³-hybridized carbons (Fsp3) is 0.714. The first-order chi connectivity index (χ1) is 11.1. The molecule has 0 spiro atoms. The molecule has 0 aliphatic rings. The van der Waals surface area contributed by atoms with E-state index in [1.807, 2.05) is 6.92 Å². The quantitative estimate of drug-likeness (QED) is 0.260. The van der Waals surface area contributed by atoms with Crippen LogP contribution in [-0.2, 0) is 19.2 Å². The molecule has 10 heteroatoms. The minimum absolute atomic E-state index is 0.135. The minimum atomic E-state index is -1.18. The van der Waals surface area contributed by atoms with Gasteiger partial charge in [-0.05, 0) is 12.8 Å². The Kier molecular flexibility index (Phi) is 10.0. The van der Waals surface area contributed by atoms with Crippen LogP contribution in [0.3, 0.4) is 0 Å². The molecule has 0 aromatic carbocycles. The molecule has 0 rings (SSSR count). The van der Waals surface area contributed by atoms with E-state index in [9.17, 15) is 19.2 Å². The predicted molar refractivity (Wildman–Crippen MR) is 91.5 cm³/mol. The molecule has 0 radical (unpaired) electrons. The summed E-state index contributed by atoms with van der Waals surface area (Å²) in [6.45, 7) is 4.56. The number of hydrogen-bond acceptors (Lipinski definition) is 6. The number of rotatable bonds is 10. The highest BCUT2D eigenvalue weighted by molar-refractivity contribution is 7.80. The van der Waals surface area contributed by atoms with E-state index < -0.39 is 48.4 Å². The van der Waals surface area contributed by atoms with E-state index in [0.717, 1.165) is 0 Å². The van der Waals surface area contributed by atoms with Gasteiger partial charge >= 0.3 is 5.97 Å². The van der Waals surface area contributed by atoms with Gasteiger partial charge in [0, 0.05) is 5.75 Å². The Morgan fingerprint density at radius 1 is 1.12 bits per heavy atom. The summed E-state index contributed by atoms with van der Waals surface area (Å²) in [5, 5.41) is 15.9. The number of amides is 3. The van der Waals surface area contributed by atoms with Crippen LogP contribution in [-0.4, -0.2) is 59.2 Å². The van der Waals surface area contributed by atoms with E-state index in [1.54, 1.807) is 6.92 Å². The average molecular weight is 362 g/mol. The fourth-order valence-electron chi connectivity index (χ4n) is 1.68. The molecule has 0 heterocycles. The first-order valence-corrected chi connectivity index (χ1v) is 8.23. The van der Waals surface area contributed by atoms with Crippen molar-refractivity contribution in [3.8, 4) is 0 Å². The van der Waals surface area contributed by atoms with Crippen LogP contribution in [0.5, 0.6) is 0 Å². The van der Waals surface area contributed by atoms with E-state index in [-0.39, 0.29) is 11.7 Å². The second-order valence-corrected chi connectivity index (χ2v) is 5.87. The van der Waals surface area contributed by atoms with Crippen LogP contribution in [0.15, 0.2) is 0 Å². The van der Waals surface area contributed by atoms with E-state index in [4.69, 9.17) is 10.8 Å². The summed E-state index contributed by atoms with van der Waals surface area (Å²) in [5.41, 5.74) is 5.57. The molecule has 0 aliphatic heterocycles. The van der Waals surface area contributed by atoms with Crippen molar-refractivity contribution in [2.45, 2.75) is 45.3 Å². The number of nitrogens with two attached hydrogens (primary N) is 1. The number of carbonyl (C=O) groups excluding carboxylic acids is 3. The Morgan fingerprint density at radius 2 is 1.71 bits per heavy atom. The summed E-state index contributed by atoms with van der Waals surface area (Å²) < 4.78 is 0. The van der Waals surface area contributed by atoms with E-state index in [0.29, 0.717) is 6.42 Å². The van der Waals surface area contributed by atoms with Crippen molar-refractivity contribution in [1.29, 1.82) is 0 Å². The molecule has 9 nitrogen and oxygen atoms in total. The first-order valence-electron chi connectivity index (χ1n) is 7.60. The van der Waals surface area contributed by atoms with Crippen LogP contribution in [0.2, 0.25) is 0 Å². The fourth-order valence-corrected chi connectivity index (χ4v) is 1.84. The van der Waals surface area contributed by atoms with Gasteiger partial charge in [0.25, 0.3) is 0 Å².